The summed E-state index contributed by atoms with van der Waals surface area (Å²) < 4.78 is 52.9. The highest BCUT2D eigenvalue weighted by Crippen LogP contribution is 2.30. The van der Waals surface area contributed by atoms with E-state index in [0.29, 0.717) is 12.1 Å². The molecule has 2 fully saturated rings. The fourth-order valence-electron chi connectivity index (χ4n) is 4.13. The van der Waals surface area contributed by atoms with Crippen LogP contribution in [0.15, 0.2) is 18.2 Å². The van der Waals surface area contributed by atoms with Gasteiger partial charge in [0.1, 0.15) is 5.75 Å². The minimum absolute atomic E-state index is 0.00812. The van der Waals surface area contributed by atoms with Crippen molar-refractivity contribution in [3.05, 3.63) is 23.2 Å². The average Bonchev–Trinajstić information content (AvgIpc) is 3.02. The normalized spacial score (nSPS) is 21.9. The second-order valence-corrected chi connectivity index (χ2v) is 10.2. The fourth-order valence-corrected chi connectivity index (χ4v) is 6.07. The van der Waals surface area contributed by atoms with Crippen molar-refractivity contribution in [1.82, 2.24) is 4.90 Å². The van der Waals surface area contributed by atoms with Gasteiger partial charge in [-0.2, -0.15) is 8.78 Å². The summed E-state index contributed by atoms with van der Waals surface area (Å²) in [5.74, 6) is -0.176. The number of alkyl halides is 2. The Morgan fingerprint density at radius 1 is 1.21 bits per heavy atom. The maximum Gasteiger partial charge on any atom is 0.387 e. The van der Waals surface area contributed by atoms with Crippen LogP contribution in [0.4, 0.5) is 14.5 Å². The van der Waals surface area contributed by atoms with Crippen molar-refractivity contribution in [2.24, 2.45) is 0 Å². The zero-order valence-electron chi connectivity index (χ0n) is 16.0. The molecule has 1 heterocycles. The SMILES string of the molecule is O=C(CNc1ccc(OC(F)F)c(Cl)c1)N(C1CCCCC1)[C@@H]1CCS(=O)(=O)C1. The van der Waals surface area contributed by atoms with Crippen LogP contribution >= 0.6 is 11.6 Å². The molecule has 1 saturated heterocycles. The molecule has 1 aliphatic heterocycles. The highest BCUT2D eigenvalue weighted by Gasteiger charge is 2.38. The van der Waals surface area contributed by atoms with E-state index in [-0.39, 0.29) is 46.8 Å². The highest BCUT2D eigenvalue weighted by molar-refractivity contribution is 7.91. The summed E-state index contributed by atoms with van der Waals surface area (Å²) >= 11 is 5.95. The molecule has 1 aromatic rings. The number of carbonyl (C=O) groups is 1. The van der Waals surface area contributed by atoms with Gasteiger partial charge in [-0.25, -0.2) is 8.42 Å². The quantitative estimate of drug-likeness (QED) is 0.685. The van der Waals surface area contributed by atoms with Crippen LogP contribution in [-0.2, 0) is 14.6 Å². The van der Waals surface area contributed by atoms with Crippen molar-refractivity contribution in [1.29, 1.82) is 0 Å². The van der Waals surface area contributed by atoms with E-state index in [0.717, 1.165) is 32.1 Å². The number of sulfone groups is 1. The highest BCUT2D eigenvalue weighted by atomic mass is 35.5. The molecule has 1 atom stereocenters. The van der Waals surface area contributed by atoms with Gasteiger partial charge < -0.3 is 15.0 Å². The van der Waals surface area contributed by atoms with Gasteiger partial charge in [0.15, 0.2) is 9.84 Å². The molecular weight excluding hydrogens is 426 g/mol. The van der Waals surface area contributed by atoms with E-state index >= 15 is 0 Å². The van der Waals surface area contributed by atoms with E-state index in [1.165, 1.54) is 18.2 Å². The molecule has 0 aromatic heterocycles. The average molecular weight is 451 g/mol. The molecule has 1 N–H and O–H groups in total. The summed E-state index contributed by atoms with van der Waals surface area (Å²) in [5, 5.41) is 2.97. The van der Waals surface area contributed by atoms with Crippen molar-refractivity contribution in [3.63, 3.8) is 0 Å². The Morgan fingerprint density at radius 3 is 2.52 bits per heavy atom. The second-order valence-electron chi connectivity index (χ2n) is 7.53. The van der Waals surface area contributed by atoms with E-state index in [4.69, 9.17) is 11.6 Å². The lowest BCUT2D eigenvalue weighted by atomic mass is 9.93. The van der Waals surface area contributed by atoms with Gasteiger partial charge in [0, 0.05) is 17.8 Å². The Hall–Kier alpha value is -1.61. The molecule has 2 aliphatic rings. The van der Waals surface area contributed by atoms with Gasteiger partial charge >= 0.3 is 6.61 Å². The third-order valence-electron chi connectivity index (χ3n) is 5.45. The number of nitrogens with zero attached hydrogens (tertiary/aromatic N) is 1. The summed E-state index contributed by atoms with van der Waals surface area (Å²) in [4.78, 5) is 14.8. The molecule has 162 valence electrons. The lowest BCUT2D eigenvalue weighted by molar-refractivity contribution is -0.134. The number of halogens is 3. The van der Waals surface area contributed by atoms with Gasteiger partial charge in [0.05, 0.1) is 23.1 Å². The number of amides is 1. The van der Waals surface area contributed by atoms with Crippen molar-refractivity contribution in [2.45, 2.75) is 57.2 Å². The molecule has 1 saturated carbocycles. The van der Waals surface area contributed by atoms with Gasteiger partial charge in [-0.3, -0.25) is 4.79 Å². The molecule has 29 heavy (non-hydrogen) atoms. The van der Waals surface area contributed by atoms with Gasteiger partial charge in [0.2, 0.25) is 5.91 Å². The van der Waals surface area contributed by atoms with Crippen LogP contribution < -0.4 is 10.1 Å². The molecule has 1 aliphatic carbocycles. The molecule has 6 nitrogen and oxygen atoms in total. The maximum atomic E-state index is 13.0. The first kappa shape index (κ1) is 22.1. The van der Waals surface area contributed by atoms with Crippen LogP contribution in [0.3, 0.4) is 0 Å². The van der Waals surface area contributed by atoms with Gasteiger partial charge in [-0.05, 0) is 37.5 Å². The topological polar surface area (TPSA) is 75.7 Å². The number of benzene rings is 1. The molecule has 0 radical (unpaired) electrons. The van der Waals surface area contributed by atoms with Crippen molar-refractivity contribution in [3.8, 4) is 5.75 Å². The molecule has 10 heteroatoms. The van der Waals surface area contributed by atoms with Crippen LogP contribution in [0.5, 0.6) is 5.75 Å². The number of ether oxygens (including phenoxy) is 1. The molecule has 0 unspecified atom stereocenters. The maximum absolute atomic E-state index is 13.0. The third-order valence-corrected chi connectivity index (χ3v) is 7.50. The van der Waals surface area contributed by atoms with Crippen LogP contribution in [0.1, 0.15) is 38.5 Å². The minimum atomic E-state index is -3.11. The monoisotopic (exact) mass is 450 g/mol. The van der Waals surface area contributed by atoms with Crippen molar-refractivity contribution in [2.75, 3.05) is 23.4 Å². The van der Waals surface area contributed by atoms with Crippen LogP contribution in [-0.4, -0.2) is 56.0 Å². The Balaban J connectivity index is 1.67. The smallest absolute Gasteiger partial charge is 0.387 e. The third kappa shape index (κ3) is 5.94. The summed E-state index contributed by atoms with van der Waals surface area (Å²) in [6.07, 6.45) is 5.42. The fraction of sp³-hybridized carbons (Fsp3) is 0.632. The van der Waals surface area contributed by atoms with Crippen LogP contribution in [0, 0.1) is 0 Å². The number of hydrogen-bond acceptors (Lipinski definition) is 5. The zero-order chi connectivity index (χ0) is 21.0. The number of nitrogens with one attached hydrogen (secondary N) is 1. The lowest BCUT2D eigenvalue weighted by Gasteiger charge is -2.38. The van der Waals surface area contributed by atoms with Gasteiger partial charge in [-0.1, -0.05) is 30.9 Å². The molecule has 1 amide bonds. The standard InChI is InChI=1S/C19H25ClF2N2O4S/c20-16-10-13(6-7-17(16)28-19(21)22)23-11-18(25)24(14-4-2-1-3-5-14)15-8-9-29(26,27)12-15/h6-7,10,14-15,19,23H,1-5,8-9,11-12H2/t15-/m1/s1. The van der Waals surface area contributed by atoms with E-state index in [1.807, 2.05) is 0 Å². The Bertz CT molecular complexity index is 831. The van der Waals surface area contributed by atoms with Crippen LogP contribution in [0.2, 0.25) is 5.02 Å². The van der Waals surface area contributed by atoms with E-state index < -0.39 is 16.4 Å². The Kier molecular flexibility index (Phi) is 7.21. The molecule has 0 spiro atoms. The molecule has 3 rings (SSSR count). The first-order valence-electron chi connectivity index (χ1n) is 9.75. The first-order valence-corrected chi connectivity index (χ1v) is 11.9. The lowest BCUT2D eigenvalue weighted by Crippen LogP contribution is -2.50. The largest absolute Gasteiger partial charge is 0.433 e. The predicted molar refractivity (Wildman–Crippen MR) is 107 cm³/mol. The summed E-state index contributed by atoms with van der Waals surface area (Å²) in [6, 6.07) is 3.99. The summed E-state index contributed by atoms with van der Waals surface area (Å²) in [5.41, 5.74) is 0.493. The van der Waals surface area contributed by atoms with Gasteiger partial charge in [-0.15, -0.1) is 0 Å². The minimum Gasteiger partial charge on any atom is -0.433 e. The zero-order valence-corrected chi connectivity index (χ0v) is 17.5. The predicted octanol–water partition coefficient (Wildman–Crippen LogP) is 3.70. The van der Waals surface area contributed by atoms with E-state index in [2.05, 4.69) is 10.1 Å². The van der Waals surface area contributed by atoms with Crippen molar-refractivity contribution >= 4 is 33.0 Å². The molecule has 0 bridgehead atoms. The van der Waals surface area contributed by atoms with Crippen LogP contribution in [0.25, 0.3) is 0 Å². The molecule has 1 aromatic carbocycles. The second kappa shape index (κ2) is 9.47. The van der Waals surface area contributed by atoms with E-state index in [9.17, 15) is 22.0 Å². The summed E-state index contributed by atoms with van der Waals surface area (Å²) in [7, 11) is -3.11. The number of hydrogen-bond donors (Lipinski definition) is 1. The number of anilines is 1. The summed E-state index contributed by atoms with van der Waals surface area (Å²) in [6.45, 7) is -3.00. The van der Waals surface area contributed by atoms with Gasteiger partial charge in [0.25, 0.3) is 0 Å². The number of rotatable bonds is 7. The number of carbonyl (C=O) groups excluding carboxylic acids is 1. The molecular formula is C19H25ClF2N2O4S. The first-order chi connectivity index (χ1) is 13.7. The van der Waals surface area contributed by atoms with Crippen molar-refractivity contribution < 1.29 is 26.7 Å². The Morgan fingerprint density at radius 2 is 1.93 bits per heavy atom. The van der Waals surface area contributed by atoms with E-state index in [1.54, 1.807) is 4.90 Å². The Labute approximate surface area is 174 Å².